The third-order valence-electron chi connectivity index (χ3n) is 3.03. The predicted octanol–water partition coefficient (Wildman–Crippen LogP) is 2.65. The monoisotopic (exact) mass is 309 g/mol. The molecule has 7 heteroatoms. The summed E-state index contributed by atoms with van der Waals surface area (Å²) in [6, 6.07) is 7.70. The van der Waals surface area contributed by atoms with Gasteiger partial charge in [0.25, 0.3) is 10.0 Å². The highest BCUT2D eigenvalue weighted by atomic mass is 32.2. The van der Waals surface area contributed by atoms with E-state index in [1.807, 2.05) is 19.1 Å². The number of para-hydroxylation sites is 1. The van der Waals surface area contributed by atoms with E-state index in [0.717, 1.165) is 23.3 Å². The van der Waals surface area contributed by atoms with Crippen molar-refractivity contribution in [3.8, 4) is 0 Å². The molecule has 6 nitrogen and oxygen atoms in total. The molecule has 0 bridgehead atoms. The Morgan fingerprint density at radius 3 is 2.57 bits per heavy atom. The zero-order valence-electron chi connectivity index (χ0n) is 11.6. The first-order valence-corrected chi connectivity index (χ1v) is 7.78. The van der Waals surface area contributed by atoms with Crippen LogP contribution in [0.5, 0.6) is 0 Å². The molecule has 0 atom stereocenters. The molecule has 112 valence electrons. The molecule has 0 radical (unpaired) electrons. The topological polar surface area (TPSA) is 96.6 Å². The summed E-state index contributed by atoms with van der Waals surface area (Å²) >= 11 is 0. The zero-order chi connectivity index (χ0) is 15.6. The van der Waals surface area contributed by atoms with Crippen molar-refractivity contribution in [1.82, 2.24) is 0 Å². The van der Waals surface area contributed by atoms with E-state index in [-0.39, 0.29) is 0 Å². The van der Waals surface area contributed by atoms with Crippen molar-refractivity contribution in [3.63, 3.8) is 0 Å². The molecule has 2 rings (SSSR count). The Balaban J connectivity index is 2.40. The Labute approximate surface area is 122 Å². The molecule has 1 heterocycles. The minimum atomic E-state index is -3.96. The zero-order valence-corrected chi connectivity index (χ0v) is 12.4. The Bertz CT molecular complexity index is 776. The van der Waals surface area contributed by atoms with Crippen LogP contribution >= 0.6 is 0 Å². The summed E-state index contributed by atoms with van der Waals surface area (Å²) in [5.74, 6) is -1.74. The first kappa shape index (κ1) is 15.1. The summed E-state index contributed by atoms with van der Waals surface area (Å²) < 4.78 is 31.8. The molecule has 2 N–H and O–H groups in total. The van der Waals surface area contributed by atoms with Gasteiger partial charge in [0.2, 0.25) is 10.9 Å². The van der Waals surface area contributed by atoms with Gasteiger partial charge in [0.05, 0.1) is 5.69 Å². The van der Waals surface area contributed by atoms with Crippen LogP contribution in [0.4, 0.5) is 5.69 Å². The minimum absolute atomic E-state index is 0.420. The Morgan fingerprint density at radius 1 is 1.29 bits per heavy atom. The van der Waals surface area contributed by atoms with Crippen molar-refractivity contribution < 1.29 is 22.7 Å². The lowest BCUT2D eigenvalue weighted by Gasteiger charge is -2.13. The summed E-state index contributed by atoms with van der Waals surface area (Å²) in [6.45, 7) is 3.71. The Kier molecular flexibility index (Phi) is 4.04. The lowest BCUT2D eigenvalue weighted by molar-refractivity contribution is 0.0656. The summed E-state index contributed by atoms with van der Waals surface area (Å²) in [7, 11) is -3.96. The number of aryl methyl sites for hydroxylation is 2. The SMILES string of the molecule is CCc1cccc(C)c1NS(=O)(=O)c1ccc(C(=O)O)o1. The molecule has 1 aromatic carbocycles. The fraction of sp³-hybridized carbons (Fsp3) is 0.214. The molecule has 0 saturated heterocycles. The number of hydrogen-bond acceptors (Lipinski definition) is 4. The second-order valence-corrected chi connectivity index (χ2v) is 6.11. The van der Waals surface area contributed by atoms with Crippen LogP contribution in [0.15, 0.2) is 39.8 Å². The van der Waals surface area contributed by atoms with Crippen LogP contribution in [0.1, 0.15) is 28.6 Å². The number of furan rings is 1. The first-order valence-electron chi connectivity index (χ1n) is 6.29. The van der Waals surface area contributed by atoms with Gasteiger partial charge in [-0.25, -0.2) is 4.79 Å². The summed E-state index contributed by atoms with van der Waals surface area (Å²) in [4.78, 5) is 10.7. The number of anilines is 1. The maximum absolute atomic E-state index is 12.3. The first-order chi connectivity index (χ1) is 9.85. The van der Waals surface area contributed by atoms with Crippen molar-refractivity contribution in [2.75, 3.05) is 4.72 Å². The molecule has 0 unspecified atom stereocenters. The quantitative estimate of drug-likeness (QED) is 0.885. The molecule has 2 aromatic rings. The maximum atomic E-state index is 12.3. The maximum Gasteiger partial charge on any atom is 0.371 e. The van der Waals surface area contributed by atoms with Crippen molar-refractivity contribution in [2.24, 2.45) is 0 Å². The summed E-state index contributed by atoms with van der Waals surface area (Å²) in [6.07, 6.45) is 0.665. The normalized spacial score (nSPS) is 11.3. The van der Waals surface area contributed by atoms with Crippen molar-refractivity contribution in [1.29, 1.82) is 0 Å². The van der Waals surface area contributed by atoms with Crippen LogP contribution in [-0.2, 0) is 16.4 Å². The number of carboxylic acid groups (broad SMARTS) is 1. The van der Waals surface area contributed by atoms with Gasteiger partial charge in [-0.2, -0.15) is 8.42 Å². The second-order valence-electron chi connectivity index (χ2n) is 4.49. The third kappa shape index (κ3) is 3.08. The predicted molar refractivity (Wildman–Crippen MR) is 77.0 cm³/mol. The Hall–Kier alpha value is -2.28. The van der Waals surface area contributed by atoms with E-state index < -0.39 is 26.8 Å². The highest BCUT2D eigenvalue weighted by molar-refractivity contribution is 7.92. The molecule has 0 aliphatic carbocycles. The number of benzene rings is 1. The molecule has 0 spiro atoms. The van der Waals surface area contributed by atoms with Crippen molar-refractivity contribution in [3.05, 3.63) is 47.2 Å². The van der Waals surface area contributed by atoms with E-state index >= 15 is 0 Å². The molecule has 0 aliphatic heterocycles. The Morgan fingerprint density at radius 2 is 2.00 bits per heavy atom. The minimum Gasteiger partial charge on any atom is -0.475 e. The van der Waals surface area contributed by atoms with Gasteiger partial charge in [0, 0.05) is 0 Å². The van der Waals surface area contributed by atoms with E-state index in [9.17, 15) is 13.2 Å². The van der Waals surface area contributed by atoms with Gasteiger partial charge in [-0.05, 0) is 36.6 Å². The number of sulfonamides is 1. The number of rotatable bonds is 5. The average molecular weight is 309 g/mol. The van der Waals surface area contributed by atoms with E-state index in [4.69, 9.17) is 9.52 Å². The van der Waals surface area contributed by atoms with Gasteiger partial charge in [-0.1, -0.05) is 25.1 Å². The van der Waals surface area contributed by atoms with E-state index in [2.05, 4.69) is 4.72 Å². The van der Waals surface area contributed by atoms with E-state index in [1.54, 1.807) is 13.0 Å². The molecular formula is C14H15NO5S. The van der Waals surface area contributed by atoms with Gasteiger partial charge in [-0.15, -0.1) is 0 Å². The van der Waals surface area contributed by atoms with Gasteiger partial charge < -0.3 is 9.52 Å². The van der Waals surface area contributed by atoms with Crippen LogP contribution in [0.25, 0.3) is 0 Å². The molecular weight excluding hydrogens is 294 g/mol. The van der Waals surface area contributed by atoms with Crippen LogP contribution in [0.3, 0.4) is 0 Å². The lowest BCUT2D eigenvalue weighted by atomic mass is 10.1. The summed E-state index contributed by atoms with van der Waals surface area (Å²) in [5.41, 5.74) is 2.12. The number of aromatic carboxylic acids is 1. The number of hydrogen-bond donors (Lipinski definition) is 2. The summed E-state index contributed by atoms with van der Waals surface area (Å²) in [5, 5.41) is 8.35. The largest absolute Gasteiger partial charge is 0.475 e. The van der Waals surface area contributed by atoms with Crippen molar-refractivity contribution in [2.45, 2.75) is 25.4 Å². The standard InChI is InChI=1S/C14H15NO5S/c1-3-10-6-4-5-9(2)13(10)15-21(18,19)12-8-7-11(20-12)14(16)17/h4-8,15H,3H2,1-2H3,(H,16,17). The lowest BCUT2D eigenvalue weighted by Crippen LogP contribution is -2.14. The number of nitrogens with one attached hydrogen (secondary N) is 1. The number of carbonyl (C=O) groups is 1. The van der Waals surface area contributed by atoms with Gasteiger partial charge in [0.1, 0.15) is 0 Å². The van der Waals surface area contributed by atoms with Gasteiger partial charge >= 0.3 is 5.97 Å². The molecule has 0 amide bonds. The average Bonchev–Trinajstić information content (AvgIpc) is 2.91. The van der Waals surface area contributed by atoms with Crippen molar-refractivity contribution >= 4 is 21.7 Å². The smallest absolute Gasteiger partial charge is 0.371 e. The van der Waals surface area contributed by atoms with Gasteiger partial charge in [0.15, 0.2) is 0 Å². The van der Waals surface area contributed by atoms with Crippen LogP contribution in [0, 0.1) is 6.92 Å². The second kappa shape index (κ2) is 5.61. The molecule has 1 aromatic heterocycles. The third-order valence-corrected chi connectivity index (χ3v) is 4.26. The van der Waals surface area contributed by atoms with Crippen LogP contribution in [-0.4, -0.2) is 19.5 Å². The highest BCUT2D eigenvalue weighted by Crippen LogP contribution is 2.25. The molecule has 0 aliphatic rings. The fourth-order valence-electron chi connectivity index (χ4n) is 1.93. The van der Waals surface area contributed by atoms with Crippen LogP contribution < -0.4 is 4.72 Å². The van der Waals surface area contributed by atoms with E-state index in [1.165, 1.54) is 0 Å². The molecule has 0 saturated carbocycles. The van der Waals surface area contributed by atoms with Gasteiger partial charge in [-0.3, -0.25) is 4.72 Å². The van der Waals surface area contributed by atoms with E-state index in [0.29, 0.717) is 12.1 Å². The fourth-order valence-corrected chi connectivity index (χ4v) is 3.04. The molecule has 0 fully saturated rings. The molecule has 21 heavy (non-hydrogen) atoms. The highest BCUT2D eigenvalue weighted by Gasteiger charge is 2.22. The van der Waals surface area contributed by atoms with Crippen LogP contribution in [0.2, 0.25) is 0 Å². The number of carboxylic acids is 1.